The molecule has 0 unspecified atom stereocenters. The molecule has 2 aromatic rings. The van der Waals surface area contributed by atoms with Crippen molar-refractivity contribution < 1.29 is 0 Å². The Labute approximate surface area is 106 Å². The van der Waals surface area contributed by atoms with Crippen molar-refractivity contribution in [3.63, 3.8) is 0 Å². The summed E-state index contributed by atoms with van der Waals surface area (Å²) >= 11 is 0. The molecule has 0 heteroatoms. The molecule has 0 aliphatic heterocycles. The number of aryl methyl sites for hydroxylation is 2. The Hall–Kier alpha value is -1.30. The minimum absolute atomic E-state index is 1.19. The van der Waals surface area contributed by atoms with E-state index in [1.165, 1.54) is 41.2 Å². The van der Waals surface area contributed by atoms with Crippen molar-refractivity contribution in [2.45, 2.75) is 47.0 Å². The fourth-order valence-corrected chi connectivity index (χ4v) is 1.94. The van der Waals surface area contributed by atoms with Crippen LogP contribution in [0, 0.1) is 6.92 Å². The summed E-state index contributed by atoms with van der Waals surface area (Å²) in [6, 6.07) is 13.2. The normalized spacial score (nSPS) is 9.88. The molecule has 0 aliphatic rings. The predicted octanol–water partition coefficient (Wildman–Crippen LogP) is 5.52. The van der Waals surface area contributed by atoms with E-state index in [1.54, 1.807) is 0 Å². The van der Waals surface area contributed by atoms with Gasteiger partial charge in [-0.05, 0) is 35.2 Å². The minimum atomic E-state index is 1.19. The first-order valence-electron chi connectivity index (χ1n) is 6.71. The maximum Gasteiger partial charge on any atom is -0.0181 e. The maximum atomic E-state index is 2.33. The number of hydrogen-bond acceptors (Lipinski definition) is 0. The molecule has 0 saturated carbocycles. The Morgan fingerprint density at radius 1 is 0.882 bits per heavy atom. The van der Waals surface area contributed by atoms with Crippen LogP contribution in [0.25, 0.3) is 10.8 Å². The number of benzene rings is 2. The van der Waals surface area contributed by atoms with Gasteiger partial charge in [-0.25, -0.2) is 0 Å². The first kappa shape index (κ1) is 13.8. The van der Waals surface area contributed by atoms with Gasteiger partial charge in [-0.1, -0.05) is 70.0 Å². The highest BCUT2D eigenvalue weighted by Gasteiger charge is 1.99. The summed E-state index contributed by atoms with van der Waals surface area (Å²) in [6.45, 7) is 8.69. The molecule has 0 saturated heterocycles. The van der Waals surface area contributed by atoms with Crippen LogP contribution in [0.2, 0.25) is 0 Å². The molecule has 0 amide bonds. The lowest BCUT2D eigenvalue weighted by atomic mass is 9.99. The third-order valence-electron chi connectivity index (χ3n) is 2.72. The van der Waals surface area contributed by atoms with Gasteiger partial charge in [0.1, 0.15) is 0 Å². The van der Waals surface area contributed by atoms with Gasteiger partial charge in [0.25, 0.3) is 0 Å². The Morgan fingerprint density at radius 3 is 1.94 bits per heavy atom. The molecule has 0 radical (unpaired) electrons. The molecule has 0 nitrogen and oxygen atoms in total. The summed E-state index contributed by atoms with van der Waals surface area (Å²) in [5.74, 6) is 0. The molecule has 0 fully saturated rings. The molecule has 0 aliphatic carbocycles. The molecular weight excluding hydrogens is 204 g/mol. The lowest BCUT2D eigenvalue weighted by Crippen LogP contribution is -1.88. The highest BCUT2D eigenvalue weighted by Crippen LogP contribution is 2.20. The molecule has 2 aromatic carbocycles. The SMILES string of the molecule is CCC.CCCc1cc2ccccc2cc1C. The molecule has 0 aromatic heterocycles. The molecule has 17 heavy (non-hydrogen) atoms. The fourth-order valence-electron chi connectivity index (χ4n) is 1.94. The summed E-state index contributed by atoms with van der Waals surface area (Å²) in [6.07, 6.45) is 3.66. The molecular formula is C17H24. The van der Waals surface area contributed by atoms with E-state index in [0.717, 1.165) is 0 Å². The van der Waals surface area contributed by atoms with E-state index in [4.69, 9.17) is 0 Å². The van der Waals surface area contributed by atoms with Gasteiger partial charge in [-0.2, -0.15) is 0 Å². The molecule has 2 rings (SSSR count). The summed E-state index contributed by atoms with van der Waals surface area (Å²) in [7, 11) is 0. The van der Waals surface area contributed by atoms with Crippen molar-refractivity contribution in [3.05, 3.63) is 47.5 Å². The van der Waals surface area contributed by atoms with Crippen LogP contribution in [-0.2, 0) is 6.42 Å². The predicted molar refractivity (Wildman–Crippen MR) is 78.6 cm³/mol. The van der Waals surface area contributed by atoms with Gasteiger partial charge in [0.2, 0.25) is 0 Å². The van der Waals surface area contributed by atoms with E-state index < -0.39 is 0 Å². The van der Waals surface area contributed by atoms with Gasteiger partial charge in [0.15, 0.2) is 0 Å². The van der Waals surface area contributed by atoms with Gasteiger partial charge in [0.05, 0.1) is 0 Å². The molecule has 92 valence electrons. The lowest BCUT2D eigenvalue weighted by Gasteiger charge is -2.06. The van der Waals surface area contributed by atoms with Crippen LogP contribution in [0.5, 0.6) is 0 Å². The zero-order valence-corrected chi connectivity index (χ0v) is 11.6. The second-order valence-corrected chi connectivity index (χ2v) is 4.58. The van der Waals surface area contributed by atoms with E-state index in [1.807, 2.05) is 0 Å². The molecule has 0 bridgehead atoms. The van der Waals surface area contributed by atoms with E-state index in [0.29, 0.717) is 0 Å². The molecule has 0 N–H and O–H groups in total. The van der Waals surface area contributed by atoms with Crippen LogP contribution in [0.4, 0.5) is 0 Å². The third-order valence-corrected chi connectivity index (χ3v) is 2.72. The Balaban J connectivity index is 0.000000437. The van der Waals surface area contributed by atoms with E-state index in [2.05, 4.69) is 64.1 Å². The standard InChI is InChI=1S/C14H16.C3H8/c1-3-6-12-10-14-8-5-4-7-13(14)9-11(12)2;1-3-2/h4-5,7-10H,3,6H2,1-2H3;3H2,1-2H3. The number of hydrogen-bond donors (Lipinski definition) is 0. The maximum absolute atomic E-state index is 2.33. The second kappa shape index (κ2) is 7.11. The van der Waals surface area contributed by atoms with E-state index in [9.17, 15) is 0 Å². The fraction of sp³-hybridized carbons (Fsp3) is 0.412. The van der Waals surface area contributed by atoms with E-state index in [-0.39, 0.29) is 0 Å². The molecule has 0 atom stereocenters. The minimum Gasteiger partial charge on any atom is -0.0656 e. The number of rotatable bonds is 2. The average Bonchev–Trinajstić information content (AvgIpc) is 2.31. The summed E-state index contributed by atoms with van der Waals surface area (Å²) < 4.78 is 0. The van der Waals surface area contributed by atoms with Crippen molar-refractivity contribution in [2.75, 3.05) is 0 Å². The van der Waals surface area contributed by atoms with Crippen molar-refractivity contribution in [1.29, 1.82) is 0 Å². The lowest BCUT2D eigenvalue weighted by molar-refractivity contribution is 0.915. The quantitative estimate of drug-likeness (QED) is 0.635. The molecule has 0 heterocycles. The van der Waals surface area contributed by atoms with E-state index >= 15 is 0 Å². The van der Waals surface area contributed by atoms with Crippen LogP contribution in [0.3, 0.4) is 0 Å². The van der Waals surface area contributed by atoms with Crippen molar-refractivity contribution >= 4 is 10.8 Å². The van der Waals surface area contributed by atoms with Crippen LogP contribution >= 0.6 is 0 Å². The summed E-state index contributed by atoms with van der Waals surface area (Å²) in [5.41, 5.74) is 2.91. The van der Waals surface area contributed by atoms with Gasteiger partial charge in [-0.3, -0.25) is 0 Å². The first-order valence-corrected chi connectivity index (χ1v) is 6.71. The number of fused-ring (bicyclic) bond motifs is 1. The largest absolute Gasteiger partial charge is 0.0656 e. The van der Waals surface area contributed by atoms with Crippen LogP contribution in [0.1, 0.15) is 44.7 Å². The van der Waals surface area contributed by atoms with Gasteiger partial charge in [-0.15, -0.1) is 0 Å². The third kappa shape index (κ3) is 3.89. The molecule has 0 spiro atoms. The van der Waals surface area contributed by atoms with Crippen molar-refractivity contribution in [3.8, 4) is 0 Å². The van der Waals surface area contributed by atoms with Crippen LogP contribution in [0.15, 0.2) is 36.4 Å². The van der Waals surface area contributed by atoms with Crippen molar-refractivity contribution in [1.82, 2.24) is 0 Å². The Morgan fingerprint density at radius 2 is 1.41 bits per heavy atom. The highest BCUT2D eigenvalue weighted by molar-refractivity contribution is 5.84. The zero-order valence-electron chi connectivity index (χ0n) is 11.6. The summed E-state index contributed by atoms with van der Waals surface area (Å²) in [4.78, 5) is 0. The highest BCUT2D eigenvalue weighted by atomic mass is 14.0. The first-order chi connectivity index (χ1) is 8.22. The van der Waals surface area contributed by atoms with Crippen LogP contribution in [-0.4, -0.2) is 0 Å². The van der Waals surface area contributed by atoms with Crippen molar-refractivity contribution in [2.24, 2.45) is 0 Å². The zero-order chi connectivity index (χ0) is 12.7. The average molecular weight is 228 g/mol. The Bertz CT molecular complexity index is 455. The monoisotopic (exact) mass is 228 g/mol. The van der Waals surface area contributed by atoms with Crippen LogP contribution < -0.4 is 0 Å². The van der Waals surface area contributed by atoms with Gasteiger partial charge < -0.3 is 0 Å². The van der Waals surface area contributed by atoms with Gasteiger partial charge >= 0.3 is 0 Å². The smallest absolute Gasteiger partial charge is 0.0181 e. The Kier molecular flexibility index (Phi) is 5.76. The second-order valence-electron chi connectivity index (χ2n) is 4.58. The van der Waals surface area contributed by atoms with Gasteiger partial charge in [0, 0.05) is 0 Å². The summed E-state index contributed by atoms with van der Waals surface area (Å²) in [5, 5.41) is 2.71. The topological polar surface area (TPSA) is 0 Å².